The highest BCUT2D eigenvalue weighted by molar-refractivity contribution is 7.13. The van der Waals surface area contributed by atoms with Gasteiger partial charge in [0.2, 0.25) is 0 Å². The molecule has 28 heavy (non-hydrogen) atoms. The van der Waals surface area contributed by atoms with Crippen LogP contribution in [0.1, 0.15) is 29.0 Å². The number of aliphatic imine (C=N–C) groups is 1. The van der Waals surface area contributed by atoms with Gasteiger partial charge in [-0.25, -0.2) is 9.38 Å². The molecule has 0 unspecified atom stereocenters. The number of benzene rings is 1. The lowest BCUT2D eigenvalue weighted by Gasteiger charge is -2.28. The lowest BCUT2D eigenvalue weighted by molar-refractivity contribution is 0.0664. The molecule has 3 aromatic rings. The molecule has 9 heteroatoms. The SMILES string of the molecule is NC(=Nc1ccc2c(C(=O)N3CCC(F)CC3)nsc2c1)c1ncccc1N. The van der Waals surface area contributed by atoms with Crippen molar-refractivity contribution in [2.45, 2.75) is 19.0 Å². The van der Waals surface area contributed by atoms with Crippen LogP contribution in [0.25, 0.3) is 10.1 Å². The van der Waals surface area contributed by atoms with Crippen LogP contribution in [0.4, 0.5) is 15.8 Å². The van der Waals surface area contributed by atoms with Crippen LogP contribution in [0.2, 0.25) is 0 Å². The summed E-state index contributed by atoms with van der Waals surface area (Å²) in [6, 6.07) is 8.84. The van der Waals surface area contributed by atoms with Crippen molar-refractivity contribution in [1.82, 2.24) is 14.3 Å². The highest BCUT2D eigenvalue weighted by Crippen LogP contribution is 2.29. The van der Waals surface area contributed by atoms with E-state index in [1.807, 2.05) is 12.1 Å². The number of anilines is 1. The number of hydrogen-bond acceptors (Lipinski definition) is 6. The Balaban J connectivity index is 1.60. The maximum atomic E-state index is 13.3. The summed E-state index contributed by atoms with van der Waals surface area (Å²) < 4.78 is 18.5. The predicted octanol–water partition coefficient (Wildman–Crippen LogP) is 2.88. The fourth-order valence-corrected chi connectivity index (χ4v) is 3.98. The van der Waals surface area contributed by atoms with Gasteiger partial charge in [0, 0.05) is 24.7 Å². The van der Waals surface area contributed by atoms with Crippen molar-refractivity contribution >= 4 is 44.7 Å². The van der Waals surface area contributed by atoms with Crippen molar-refractivity contribution in [3.05, 3.63) is 47.9 Å². The van der Waals surface area contributed by atoms with Crippen LogP contribution in [0.15, 0.2) is 41.5 Å². The molecule has 4 rings (SSSR count). The number of carbonyl (C=O) groups excluding carboxylic acids is 1. The molecule has 3 heterocycles. The van der Waals surface area contributed by atoms with E-state index in [0.29, 0.717) is 48.7 Å². The van der Waals surface area contributed by atoms with Gasteiger partial charge in [-0.15, -0.1) is 0 Å². The van der Waals surface area contributed by atoms with E-state index in [1.54, 1.807) is 29.3 Å². The number of rotatable bonds is 3. The maximum Gasteiger partial charge on any atom is 0.274 e. The van der Waals surface area contributed by atoms with E-state index in [9.17, 15) is 9.18 Å². The smallest absolute Gasteiger partial charge is 0.274 e. The van der Waals surface area contributed by atoms with Crippen LogP contribution in [-0.4, -0.2) is 45.3 Å². The van der Waals surface area contributed by atoms with Crippen molar-refractivity contribution in [2.75, 3.05) is 18.8 Å². The largest absolute Gasteiger partial charge is 0.397 e. The van der Waals surface area contributed by atoms with Crippen molar-refractivity contribution in [1.29, 1.82) is 0 Å². The third-order valence-electron chi connectivity index (χ3n) is 4.70. The first-order valence-electron chi connectivity index (χ1n) is 8.90. The van der Waals surface area contributed by atoms with Gasteiger partial charge in [-0.1, -0.05) is 0 Å². The lowest BCUT2D eigenvalue weighted by Crippen LogP contribution is -2.39. The first kappa shape index (κ1) is 18.3. The van der Waals surface area contributed by atoms with Crippen molar-refractivity contribution in [3.8, 4) is 0 Å². The number of aromatic nitrogens is 2. The van der Waals surface area contributed by atoms with E-state index >= 15 is 0 Å². The van der Waals surface area contributed by atoms with Gasteiger partial charge < -0.3 is 16.4 Å². The molecular formula is C19H19FN6OS. The van der Waals surface area contributed by atoms with E-state index < -0.39 is 6.17 Å². The van der Waals surface area contributed by atoms with Gasteiger partial charge in [0.05, 0.1) is 16.1 Å². The highest BCUT2D eigenvalue weighted by Gasteiger charge is 2.26. The number of pyridine rings is 1. The Morgan fingerprint density at radius 2 is 2.04 bits per heavy atom. The van der Waals surface area contributed by atoms with Gasteiger partial charge >= 0.3 is 0 Å². The molecule has 1 aliphatic heterocycles. The van der Waals surface area contributed by atoms with E-state index in [0.717, 1.165) is 10.1 Å². The fourth-order valence-electron chi connectivity index (χ4n) is 3.17. The van der Waals surface area contributed by atoms with E-state index in [4.69, 9.17) is 11.5 Å². The normalized spacial score (nSPS) is 15.9. The summed E-state index contributed by atoms with van der Waals surface area (Å²) in [6.45, 7) is 0.840. The predicted molar refractivity (Wildman–Crippen MR) is 109 cm³/mol. The number of amides is 1. The quantitative estimate of drug-likeness (QED) is 0.521. The molecule has 0 spiro atoms. The van der Waals surface area contributed by atoms with Crippen molar-refractivity contribution in [3.63, 3.8) is 0 Å². The molecular weight excluding hydrogens is 379 g/mol. The Labute approximate surface area is 165 Å². The minimum absolute atomic E-state index is 0.157. The summed E-state index contributed by atoms with van der Waals surface area (Å²) in [5.41, 5.74) is 13.8. The Morgan fingerprint density at radius 1 is 1.25 bits per heavy atom. The molecule has 0 atom stereocenters. The molecule has 0 aliphatic carbocycles. The standard InChI is InChI=1S/C19H19FN6OS/c20-11-5-8-26(9-6-11)19(27)16-13-4-3-12(10-15(13)28-25-16)24-18(22)17-14(21)2-1-7-23-17/h1-4,7,10-11H,5-6,8-9,21H2,(H2,22,24). The van der Waals surface area contributed by atoms with Crippen LogP contribution in [0.3, 0.4) is 0 Å². The average Bonchev–Trinajstić information content (AvgIpc) is 3.11. The third kappa shape index (κ3) is 3.53. The van der Waals surface area contributed by atoms with Crippen molar-refractivity contribution < 1.29 is 9.18 Å². The second-order valence-electron chi connectivity index (χ2n) is 6.62. The minimum atomic E-state index is -0.824. The summed E-state index contributed by atoms with van der Waals surface area (Å²) in [7, 11) is 0. The van der Waals surface area contributed by atoms with Crippen LogP contribution in [0, 0.1) is 0 Å². The fraction of sp³-hybridized carbons (Fsp3) is 0.263. The molecule has 1 amide bonds. The Morgan fingerprint density at radius 3 is 2.79 bits per heavy atom. The monoisotopic (exact) mass is 398 g/mol. The first-order valence-corrected chi connectivity index (χ1v) is 9.68. The molecule has 1 aliphatic rings. The number of amidine groups is 1. The average molecular weight is 398 g/mol. The summed E-state index contributed by atoms with van der Waals surface area (Å²) in [5, 5.41) is 0.757. The number of nitrogens with two attached hydrogens (primary N) is 2. The van der Waals surface area contributed by atoms with Crippen LogP contribution in [0.5, 0.6) is 0 Å². The zero-order valence-corrected chi connectivity index (χ0v) is 15.8. The van der Waals surface area contributed by atoms with E-state index in [-0.39, 0.29) is 11.7 Å². The number of halogens is 1. The molecule has 1 aromatic carbocycles. The number of nitrogen functional groups attached to an aromatic ring is 1. The topological polar surface area (TPSA) is 110 Å². The molecule has 2 aromatic heterocycles. The zero-order valence-electron chi connectivity index (χ0n) is 15.0. The van der Waals surface area contributed by atoms with Crippen LogP contribution >= 0.6 is 11.5 Å². The molecule has 0 radical (unpaired) electrons. The summed E-state index contributed by atoms with van der Waals surface area (Å²) >= 11 is 1.23. The van der Waals surface area contributed by atoms with Crippen LogP contribution in [-0.2, 0) is 0 Å². The molecule has 0 bridgehead atoms. The van der Waals surface area contributed by atoms with E-state index in [1.165, 1.54) is 11.5 Å². The van der Waals surface area contributed by atoms with Gasteiger partial charge in [0.1, 0.15) is 17.6 Å². The summed E-state index contributed by atoms with van der Waals surface area (Å²) in [4.78, 5) is 22.9. The number of piperidine rings is 1. The van der Waals surface area contributed by atoms with Gasteiger partial charge in [-0.3, -0.25) is 9.78 Å². The molecule has 0 saturated carbocycles. The first-order chi connectivity index (χ1) is 13.5. The number of fused-ring (bicyclic) bond motifs is 1. The second-order valence-corrected chi connectivity index (χ2v) is 7.42. The Hall–Kier alpha value is -3.07. The number of likely N-dealkylation sites (tertiary alicyclic amines) is 1. The zero-order chi connectivity index (χ0) is 19.7. The molecule has 1 saturated heterocycles. The third-order valence-corrected chi connectivity index (χ3v) is 5.51. The van der Waals surface area contributed by atoms with Crippen LogP contribution < -0.4 is 11.5 Å². The molecule has 144 valence electrons. The van der Waals surface area contributed by atoms with Gasteiger partial charge in [0.15, 0.2) is 5.84 Å². The summed E-state index contributed by atoms with van der Waals surface area (Å²) in [6.07, 6.45) is 1.53. The van der Waals surface area contributed by atoms with Gasteiger partial charge in [0.25, 0.3) is 5.91 Å². The number of nitrogens with zero attached hydrogens (tertiary/aromatic N) is 4. The number of carbonyl (C=O) groups is 1. The number of alkyl halides is 1. The molecule has 4 N–H and O–H groups in total. The highest BCUT2D eigenvalue weighted by atomic mass is 32.1. The van der Waals surface area contributed by atoms with Gasteiger partial charge in [-0.2, -0.15) is 4.37 Å². The molecule has 1 fully saturated rings. The Kier molecular flexibility index (Phi) is 4.91. The van der Waals surface area contributed by atoms with Crippen molar-refractivity contribution in [2.24, 2.45) is 10.7 Å². The van der Waals surface area contributed by atoms with E-state index in [2.05, 4.69) is 14.3 Å². The summed E-state index contributed by atoms with van der Waals surface area (Å²) in [5.74, 6) is 0.0579. The lowest BCUT2D eigenvalue weighted by atomic mass is 10.1. The van der Waals surface area contributed by atoms with Gasteiger partial charge in [-0.05, 0) is 54.7 Å². The maximum absolute atomic E-state index is 13.3. The molecule has 7 nitrogen and oxygen atoms in total. The Bertz CT molecular complexity index is 1060. The second kappa shape index (κ2) is 7.51. The minimum Gasteiger partial charge on any atom is -0.397 e. The number of hydrogen-bond donors (Lipinski definition) is 2.